The highest BCUT2D eigenvalue weighted by molar-refractivity contribution is 5.77. The predicted molar refractivity (Wildman–Crippen MR) is 106 cm³/mol. The Labute approximate surface area is 161 Å². The van der Waals surface area contributed by atoms with Gasteiger partial charge in [-0.3, -0.25) is 4.79 Å². The fourth-order valence-electron chi connectivity index (χ4n) is 3.08. The quantitative estimate of drug-likeness (QED) is 0.776. The number of hydrogen-bond donors (Lipinski definition) is 1. The van der Waals surface area contributed by atoms with Crippen molar-refractivity contribution in [2.75, 3.05) is 32.7 Å². The first-order valence-corrected chi connectivity index (χ1v) is 9.36. The molecule has 1 aromatic carbocycles. The van der Waals surface area contributed by atoms with E-state index in [0.717, 1.165) is 41.3 Å². The van der Waals surface area contributed by atoms with Crippen molar-refractivity contribution in [2.24, 2.45) is 0 Å². The zero-order valence-electron chi connectivity index (χ0n) is 16.5. The van der Waals surface area contributed by atoms with Gasteiger partial charge in [0.2, 0.25) is 5.91 Å². The van der Waals surface area contributed by atoms with Gasteiger partial charge < -0.3 is 15.0 Å². The number of nitrogens with zero attached hydrogens (tertiary/aromatic N) is 3. The molecule has 27 heavy (non-hydrogen) atoms. The van der Waals surface area contributed by atoms with Gasteiger partial charge in [0.25, 0.3) is 0 Å². The first-order valence-electron chi connectivity index (χ1n) is 9.36. The van der Waals surface area contributed by atoms with Crippen LogP contribution in [0.15, 0.2) is 30.3 Å². The van der Waals surface area contributed by atoms with Gasteiger partial charge in [0.15, 0.2) is 0 Å². The predicted octanol–water partition coefficient (Wildman–Crippen LogP) is 2.77. The Kier molecular flexibility index (Phi) is 6.06. The van der Waals surface area contributed by atoms with Gasteiger partial charge in [0.05, 0.1) is 6.04 Å². The number of methoxy groups -OCH3 is 1. The van der Waals surface area contributed by atoms with E-state index in [2.05, 4.69) is 29.4 Å². The van der Waals surface area contributed by atoms with Crippen LogP contribution in [0.3, 0.4) is 0 Å². The lowest BCUT2D eigenvalue weighted by Crippen LogP contribution is -2.33. The Hall–Kier alpha value is -2.47. The Balaban J connectivity index is 1.89. The number of amides is 1. The van der Waals surface area contributed by atoms with E-state index in [1.54, 1.807) is 0 Å². The summed E-state index contributed by atoms with van der Waals surface area (Å²) in [5, 5.41) is 3.08. The van der Waals surface area contributed by atoms with Gasteiger partial charge in [0, 0.05) is 45.3 Å². The number of ether oxygens (including phenoxy) is 1. The van der Waals surface area contributed by atoms with Gasteiger partial charge >= 0.3 is 0 Å². The molecule has 6 heteroatoms. The number of carbonyl (C=O) groups excluding carboxylic acids is 1. The van der Waals surface area contributed by atoms with Gasteiger partial charge in [0.1, 0.15) is 18.2 Å². The van der Waals surface area contributed by atoms with Crippen LogP contribution >= 0.6 is 0 Å². The first-order chi connectivity index (χ1) is 13.0. The normalized spacial score (nSPS) is 14.7. The van der Waals surface area contributed by atoms with Crippen molar-refractivity contribution < 1.29 is 9.53 Å². The minimum Gasteiger partial charge on any atom is -0.375 e. The number of hydrogen-bond acceptors (Lipinski definition) is 5. The monoisotopic (exact) mass is 368 g/mol. The van der Waals surface area contributed by atoms with Gasteiger partial charge in [-0.25, -0.2) is 9.97 Å². The third-order valence-corrected chi connectivity index (χ3v) is 4.65. The molecule has 0 radical (unpaired) electrons. The van der Waals surface area contributed by atoms with Crippen LogP contribution in [-0.4, -0.2) is 43.7 Å². The smallest absolute Gasteiger partial charge is 0.246 e. The molecule has 1 aromatic heterocycles. The van der Waals surface area contributed by atoms with Gasteiger partial charge in [-0.1, -0.05) is 29.8 Å². The number of nitrogens with one attached hydrogen (secondary N) is 1. The number of anilines is 1. The SMILES string of the molecule is COCC(=O)NC(Cc1cc(N(C)C)nc(C2CC2)n1)c1cccc(C)c1. The number of aryl methyl sites for hydroxylation is 1. The van der Waals surface area contributed by atoms with Crippen LogP contribution in [0.5, 0.6) is 0 Å². The molecule has 1 aliphatic rings. The van der Waals surface area contributed by atoms with E-state index in [0.29, 0.717) is 12.3 Å². The average Bonchev–Trinajstić information content (AvgIpc) is 3.46. The van der Waals surface area contributed by atoms with Crippen LogP contribution in [0.4, 0.5) is 5.82 Å². The molecule has 0 spiro atoms. The largest absolute Gasteiger partial charge is 0.375 e. The summed E-state index contributed by atoms with van der Waals surface area (Å²) in [6, 6.07) is 10.1. The third-order valence-electron chi connectivity index (χ3n) is 4.65. The summed E-state index contributed by atoms with van der Waals surface area (Å²) in [5.74, 6) is 2.17. The Bertz CT molecular complexity index is 782. The number of carbonyl (C=O) groups is 1. The lowest BCUT2D eigenvalue weighted by Gasteiger charge is -2.21. The maximum Gasteiger partial charge on any atom is 0.246 e. The van der Waals surface area contributed by atoms with E-state index in [9.17, 15) is 4.79 Å². The van der Waals surface area contributed by atoms with Crippen molar-refractivity contribution in [2.45, 2.75) is 38.1 Å². The molecule has 1 aliphatic carbocycles. The fraction of sp³-hybridized carbons (Fsp3) is 0.476. The standard InChI is InChI=1S/C21H28N4O2/c1-14-6-5-7-16(10-14)18(23-20(26)13-27-4)11-17-12-19(25(2)3)24-21(22-17)15-8-9-15/h5-7,10,12,15,18H,8-9,11,13H2,1-4H3,(H,23,26). The molecule has 1 atom stereocenters. The first kappa shape index (κ1) is 19.3. The molecule has 144 valence electrons. The molecule has 1 heterocycles. The van der Waals surface area contributed by atoms with Crippen LogP contribution in [0.1, 0.15) is 47.4 Å². The molecule has 6 nitrogen and oxygen atoms in total. The lowest BCUT2D eigenvalue weighted by molar-refractivity contribution is -0.125. The van der Waals surface area contributed by atoms with Crippen LogP contribution in [0, 0.1) is 6.92 Å². The van der Waals surface area contributed by atoms with Crippen LogP contribution in [-0.2, 0) is 16.0 Å². The summed E-state index contributed by atoms with van der Waals surface area (Å²) < 4.78 is 4.98. The van der Waals surface area contributed by atoms with Crippen molar-refractivity contribution in [1.82, 2.24) is 15.3 Å². The van der Waals surface area contributed by atoms with E-state index in [1.165, 1.54) is 7.11 Å². The molecule has 1 N–H and O–H groups in total. The zero-order valence-corrected chi connectivity index (χ0v) is 16.5. The van der Waals surface area contributed by atoms with Gasteiger partial charge in [-0.15, -0.1) is 0 Å². The molecule has 2 aromatic rings. The van der Waals surface area contributed by atoms with Crippen LogP contribution in [0.25, 0.3) is 0 Å². The summed E-state index contributed by atoms with van der Waals surface area (Å²) in [7, 11) is 5.50. The molecule has 1 fully saturated rings. The van der Waals surface area contributed by atoms with E-state index in [1.807, 2.05) is 37.2 Å². The summed E-state index contributed by atoms with van der Waals surface area (Å²) in [4.78, 5) is 23.7. The third kappa shape index (κ3) is 5.26. The van der Waals surface area contributed by atoms with E-state index < -0.39 is 0 Å². The number of rotatable bonds is 8. The molecule has 0 bridgehead atoms. The minimum absolute atomic E-state index is 0.0440. The number of benzene rings is 1. The second-order valence-corrected chi connectivity index (χ2v) is 7.42. The minimum atomic E-state index is -0.162. The average molecular weight is 368 g/mol. The summed E-state index contributed by atoms with van der Waals surface area (Å²) in [5.41, 5.74) is 3.17. The van der Waals surface area contributed by atoms with E-state index in [-0.39, 0.29) is 18.6 Å². The van der Waals surface area contributed by atoms with Crippen molar-refractivity contribution in [3.05, 3.63) is 53.0 Å². The van der Waals surface area contributed by atoms with Crippen molar-refractivity contribution in [1.29, 1.82) is 0 Å². The van der Waals surface area contributed by atoms with E-state index >= 15 is 0 Å². The molecule has 0 saturated heterocycles. The van der Waals surface area contributed by atoms with Gasteiger partial charge in [-0.05, 0) is 25.3 Å². The maximum atomic E-state index is 12.2. The van der Waals surface area contributed by atoms with Crippen LogP contribution < -0.4 is 10.2 Å². The van der Waals surface area contributed by atoms with Crippen molar-refractivity contribution in [3.63, 3.8) is 0 Å². The lowest BCUT2D eigenvalue weighted by atomic mass is 9.99. The van der Waals surface area contributed by atoms with Crippen molar-refractivity contribution in [3.8, 4) is 0 Å². The summed E-state index contributed by atoms with van der Waals surface area (Å²) in [6.07, 6.45) is 2.92. The van der Waals surface area contributed by atoms with Crippen LogP contribution in [0.2, 0.25) is 0 Å². The second-order valence-electron chi connectivity index (χ2n) is 7.42. The van der Waals surface area contributed by atoms with Gasteiger partial charge in [-0.2, -0.15) is 0 Å². The number of aromatic nitrogens is 2. The molecule has 1 amide bonds. The molecule has 0 aliphatic heterocycles. The maximum absolute atomic E-state index is 12.2. The molecule has 1 saturated carbocycles. The fourth-order valence-corrected chi connectivity index (χ4v) is 3.08. The molecular formula is C21H28N4O2. The Morgan fingerprint density at radius 2 is 2.07 bits per heavy atom. The summed E-state index contributed by atoms with van der Waals surface area (Å²) >= 11 is 0. The highest BCUT2D eigenvalue weighted by Gasteiger charge is 2.28. The molecule has 3 rings (SSSR count). The highest BCUT2D eigenvalue weighted by atomic mass is 16.5. The zero-order chi connectivity index (χ0) is 19.4. The van der Waals surface area contributed by atoms with Crippen molar-refractivity contribution >= 4 is 11.7 Å². The molecule has 1 unspecified atom stereocenters. The topological polar surface area (TPSA) is 67.3 Å². The Morgan fingerprint density at radius 3 is 2.70 bits per heavy atom. The van der Waals surface area contributed by atoms with E-state index in [4.69, 9.17) is 9.72 Å². The Morgan fingerprint density at radius 1 is 1.30 bits per heavy atom. The molecular weight excluding hydrogens is 340 g/mol. The summed E-state index contributed by atoms with van der Waals surface area (Å²) in [6.45, 7) is 2.10. The highest BCUT2D eigenvalue weighted by Crippen LogP contribution is 2.38. The second kappa shape index (κ2) is 8.48.